The molecule has 0 saturated carbocycles. The van der Waals surface area contributed by atoms with Crippen LogP contribution >= 0.6 is 0 Å². The first-order valence-electron chi connectivity index (χ1n) is 3.13. The first kappa shape index (κ1) is 7.08. The standard InChI is InChI=1S/C6H12N4/c1-4-5(2)10(3)9-6(4)8-7/h7H2,1-3H3,(H,8,9). The van der Waals surface area contributed by atoms with Gasteiger partial charge in [0.1, 0.15) is 0 Å². The van der Waals surface area contributed by atoms with Gasteiger partial charge < -0.3 is 5.43 Å². The summed E-state index contributed by atoms with van der Waals surface area (Å²) >= 11 is 0. The molecule has 3 N–H and O–H groups in total. The first-order chi connectivity index (χ1) is 4.66. The summed E-state index contributed by atoms with van der Waals surface area (Å²) in [7, 11) is 1.89. The third-order valence-electron chi connectivity index (χ3n) is 1.77. The van der Waals surface area contributed by atoms with E-state index in [1.807, 2.05) is 20.9 Å². The number of hydrogen-bond acceptors (Lipinski definition) is 3. The second-order valence-electron chi connectivity index (χ2n) is 2.33. The van der Waals surface area contributed by atoms with Crippen molar-refractivity contribution < 1.29 is 0 Å². The summed E-state index contributed by atoms with van der Waals surface area (Å²) in [4.78, 5) is 0. The van der Waals surface area contributed by atoms with Crippen LogP contribution in [0.25, 0.3) is 0 Å². The van der Waals surface area contributed by atoms with Crippen LogP contribution in [0.4, 0.5) is 5.82 Å². The highest BCUT2D eigenvalue weighted by Crippen LogP contribution is 2.13. The third-order valence-corrected chi connectivity index (χ3v) is 1.77. The Kier molecular flexibility index (Phi) is 1.63. The molecule has 0 aromatic carbocycles. The van der Waals surface area contributed by atoms with Crippen LogP contribution in [-0.2, 0) is 7.05 Å². The van der Waals surface area contributed by atoms with E-state index >= 15 is 0 Å². The van der Waals surface area contributed by atoms with Gasteiger partial charge in [0.25, 0.3) is 0 Å². The fourth-order valence-corrected chi connectivity index (χ4v) is 0.851. The van der Waals surface area contributed by atoms with Gasteiger partial charge in [0, 0.05) is 18.3 Å². The Morgan fingerprint density at radius 3 is 2.30 bits per heavy atom. The van der Waals surface area contributed by atoms with Crippen molar-refractivity contribution in [3.8, 4) is 0 Å². The molecule has 56 valence electrons. The Morgan fingerprint density at radius 2 is 2.10 bits per heavy atom. The zero-order valence-corrected chi connectivity index (χ0v) is 6.47. The van der Waals surface area contributed by atoms with Crippen molar-refractivity contribution in [3.05, 3.63) is 11.3 Å². The van der Waals surface area contributed by atoms with Crippen LogP contribution in [-0.4, -0.2) is 9.78 Å². The lowest BCUT2D eigenvalue weighted by Crippen LogP contribution is -2.08. The third kappa shape index (κ3) is 0.863. The van der Waals surface area contributed by atoms with Crippen molar-refractivity contribution in [1.82, 2.24) is 9.78 Å². The second kappa shape index (κ2) is 2.30. The number of rotatable bonds is 1. The van der Waals surface area contributed by atoms with E-state index in [0.29, 0.717) is 0 Å². The molecule has 0 radical (unpaired) electrons. The Bertz CT molecular complexity index is 238. The average molecular weight is 140 g/mol. The van der Waals surface area contributed by atoms with Crippen molar-refractivity contribution >= 4 is 5.82 Å². The summed E-state index contributed by atoms with van der Waals surface area (Å²) in [6, 6.07) is 0. The normalized spacial score (nSPS) is 10.0. The molecule has 1 rings (SSSR count). The van der Waals surface area contributed by atoms with E-state index in [0.717, 1.165) is 17.1 Å². The van der Waals surface area contributed by atoms with Gasteiger partial charge in [-0.1, -0.05) is 0 Å². The number of hydrazine groups is 1. The van der Waals surface area contributed by atoms with E-state index in [9.17, 15) is 0 Å². The number of nitrogens with one attached hydrogen (secondary N) is 1. The molecule has 0 unspecified atom stereocenters. The summed E-state index contributed by atoms with van der Waals surface area (Å²) in [5.74, 6) is 5.96. The van der Waals surface area contributed by atoms with Crippen LogP contribution in [0.2, 0.25) is 0 Å². The van der Waals surface area contributed by atoms with Crippen LogP contribution in [0.15, 0.2) is 0 Å². The fraction of sp³-hybridized carbons (Fsp3) is 0.500. The predicted molar refractivity (Wildman–Crippen MR) is 40.5 cm³/mol. The maximum Gasteiger partial charge on any atom is 0.165 e. The first-order valence-corrected chi connectivity index (χ1v) is 3.13. The number of nitrogens with zero attached hydrogens (tertiary/aromatic N) is 2. The summed E-state index contributed by atoms with van der Waals surface area (Å²) in [6.45, 7) is 3.99. The van der Waals surface area contributed by atoms with Gasteiger partial charge in [-0.2, -0.15) is 5.10 Å². The smallest absolute Gasteiger partial charge is 0.165 e. The van der Waals surface area contributed by atoms with Crippen molar-refractivity contribution in [2.75, 3.05) is 5.43 Å². The van der Waals surface area contributed by atoms with E-state index in [2.05, 4.69) is 10.5 Å². The molecule has 4 nitrogen and oxygen atoms in total. The molecule has 0 saturated heterocycles. The summed E-state index contributed by atoms with van der Waals surface area (Å²) < 4.78 is 1.80. The quantitative estimate of drug-likeness (QED) is 0.436. The van der Waals surface area contributed by atoms with E-state index in [-0.39, 0.29) is 0 Å². The molecule has 0 atom stereocenters. The van der Waals surface area contributed by atoms with Gasteiger partial charge in [-0.15, -0.1) is 0 Å². The van der Waals surface area contributed by atoms with Crippen molar-refractivity contribution in [1.29, 1.82) is 0 Å². The average Bonchev–Trinajstić information content (AvgIpc) is 2.17. The van der Waals surface area contributed by atoms with Crippen LogP contribution in [0.5, 0.6) is 0 Å². The Hall–Kier alpha value is -1.03. The van der Waals surface area contributed by atoms with Crippen molar-refractivity contribution in [3.63, 3.8) is 0 Å². The van der Waals surface area contributed by atoms with Crippen molar-refractivity contribution in [2.45, 2.75) is 13.8 Å². The molecular formula is C6H12N4. The monoisotopic (exact) mass is 140 g/mol. The van der Waals surface area contributed by atoms with Gasteiger partial charge in [0.05, 0.1) is 0 Å². The topological polar surface area (TPSA) is 55.9 Å². The molecule has 0 fully saturated rings. The number of anilines is 1. The Morgan fingerprint density at radius 1 is 1.50 bits per heavy atom. The molecule has 1 heterocycles. The number of nitrogen functional groups attached to an aromatic ring is 1. The Balaban J connectivity index is 3.17. The Labute approximate surface area is 60.0 Å². The summed E-state index contributed by atoms with van der Waals surface area (Å²) in [5.41, 5.74) is 4.76. The number of hydrogen-bond donors (Lipinski definition) is 2. The van der Waals surface area contributed by atoms with Crippen LogP contribution < -0.4 is 11.3 Å². The lowest BCUT2D eigenvalue weighted by Gasteiger charge is -1.92. The highest BCUT2D eigenvalue weighted by Gasteiger charge is 2.05. The summed E-state index contributed by atoms with van der Waals surface area (Å²) in [6.07, 6.45) is 0. The van der Waals surface area contributed by atoms with Crippen LogP contribution in [0, 0.1) is 13.8 Å². The van der Waals surface area contributed by atoms with E-state index in [1.165, 1.54) is 0 Å². The minimum atomic E-state index is 0.750. The molecule has 0 spiro atoms. The largest absolute Gasteiger partial charge is 0.307 e. The SMILES string of the molecule is Cc1c(NN)nn(C)c1C. The van der Waals surface area contributed by atoms with Gasteiger partial charge in [-0.05, 0) is 13.8 Å². The van der Waals surface area contributed by atoms with Gasteiger partial charge in [0.15, 0.2) is 5.82 Å². The molecule has 0 amide bonds. The molecule has 0 bridgehead atoms. The highest BCUT2D eigenvalue weighted by molar-refractivity contribution is 5.44. The molecule has 1 aromatic rings. The molecular weight excluding hydrogens is 128 g/mol. The van der Waals surface area contributed by atoms with Crippen LogP contribution in [0.3, 0.4) is 0 Å². The number of nitrogens with two attached hydrogens (primary N) is 1. The zero-order valence-electron chi connectivity index (χ0n) is 6.47. The summed E-state index contributed by atoms with van der Waals surface area (Å²) in [5, 5.41) is 4.11. The minimum Gasteiger partial charge on any atom is -0.307 e. The highest BCUT2D eigenvalue weighted by atomic mass is 15.4. The van der Waals surface area contributed by atoms with Gasteiger partial charge in [0.2, 0.25) is 0 Å². The molecule has 10 heavy (non-hydrogen) atoms. The lowest BCUT2D eigenvalue weighted by molar-refractivity contribution is 0.740. The lowest BCUT2D eigenvalue weighted by atomic mass is 10.3. The minimum absolute atomic E-state index is 0.750. The maximum atomic E-state index is 5.21. The maximum absolute atomic E-state index is 5.21. The van der Waals surface area contributed by atoms with Gasteiger partial charge in [-0.25, -0.2) is 5.84 Å². The van der Waals surface area contributed by atoms with Crippen molar-refractivity contribution in [2.24, 2.45) is 12.9 Å². The van der Waals surface area contributed by atoms with E-state index < -0.39 is 0 Å². The van der Waals surface area contributed by atoms with Crippen LogP contribution in [0.1, 0.15) is 11.3 Å². The predicted octanol–water partition coefficient (Wildman–Crippen LogP) is 0.323. The number of aromatic nitrogens is 2. The number of aryl methyl sites for hydroxylation is 1. The fourth-order valence-electron chi connectivity index (χ4n) is 0.851. The molecule has 4 heteroatoms. The van der Waals surface area contributed by atoms with E-state index in [1.54, 1.807) is 4.68 Å². The molecule has 0 aliphatic rings. The van der Waals surface area contributed by atoms with E-state index in [4.69, 9.17) is 5.84 Å². The van der Waals surface area contributed by atoms with Gasteiger partial charge in [-0.3, -0.25) is 4.68 Å². The second-order valence-corrected chi connectivity index (χ2v) is 2.33. The molecule has 1 aromatic heterocycles. The molecule has 0 aliphatic heterocycles. The molecule has 0 aliphatic carbocycles. The van der Waals surface area contributed by atoms with Gasteiger partial charge >= 0.3 is 0 Å². The zero-order chi connectivity index (χ0) is 7.72.